The van der Waals surface area contributed by atoms with Gasteiger partial charge in [0.1, 0.15) is 16.5 Å². The van der Waals surface area contributed by atoms with Crippen LogP contribution in [0.1, 0.15) is 0 Å². The van der Waals surface area contributed by atoms with Crippen LogP contribution in [0, 0.1) is 0 Å². The maximum absolute atomic E-state index is 6.70. The summed E-state index contributed by atoms with van der Waals surface area (Å²) in [5, 5.41) is 3.47. The number of ether oxygens (including phenoxy) is 1. The molecule has 1 aliphatic heterocycles. The predicted octanol–water partition coefficient (Wildman–Crippen LogP) is 14.3. The molecule has 0 saturated carbocycles. The van der Waals surface area contributed by atoms with E-state index in [9.17, 15) is 0 Å². The van der Waals surface area contributed by atoms with Gasteiger partial charge in [-0.05, 0) is 108 Å². The molecule has 0 atom stereocenters. The number of hydrogen-bond acceptors (Lipinski definition) is 5. The van der Waals surface area contributed by atoms with E-state index < -0.39 is 0 Å². The van der Waals surface area contributed by atoms with Crippen LogP contribution in [-0.4, -0.2) is 4.98 Å². The first-order valence-electron chi connectivity index (χ1n) is 18.0. The Morgan fingerprint density at radius 3 is 1.63 bits per heavy atom. The zero-order valence-corrected chi connectivity index (χ0v) is 30.0. The molecule has 0 amide bonds. The van der Waals surface area contributed by atoms with Crippen LogP contribution < -0.4 is 14.5 Å². The molecule has 3 heterocycles. The lowest BCUT2D eigenvalue weighted by atomic mass is 9.91. The van der Waals surface area contributed by atoms with Crippen LogP contribution in [0.4, 0.5) is 33.4 Å². The Bertz CT molecular complexity index is 2650. The highest BCUT2D eigenvalue weighted by Crippen LogP contribution is 2.51. The Morgan fingerprint density at radius 1 is 0.426 bits per heavy atom. The van der Waals surface area contributed by atoms with E-state index in [-0.39, 0.29) is 0 Å². The lowest BCUT2D eigenvalue weighted by Gasteiger charge is -2.25. The number of nitrogens with zero attached hydrogens (tertiary/aromatic N) is 3. The van der Waals surface area contributed by atoms with Crippen LogP contribution in [0.25, 0.3) is 43.6 Å². The van der Waals surface area contributed by atoms with Gasteiger partial charge in [0.05, 0.1) is 17.6 Å². The van der Waals surface area contributed by atoms with Crippen molar-refractivity contribution in [3.05, 3.63) is 200 Å². The van der Waals surface area contributed by atoms with Crippen molar-refractivity contribution < 1.29 is 4.74 Å². The fraction of sp³-hybridized carbons (Fsp3) is 0. The summed E-state index contributed by atoms with van der Waals surface area (Å²) in [6, 6.07) is 67.9. The van der Waals surface area contributed by atoms with E-state index in [1.807, 2.05) is 18.3 Å². The van der Waals surface area contributed by atoms with Crippen LogP contribution in [0.5, 0.6) is 11.5 Å². The summed E-state index contributed by atoms with van der Waals surface area (Å²) in [5.74, 6) is 1.70. The van der Waals surface area contributed by atoms with Crippen molar-refractivity contribution in [1.29, 1.82) is 0 Å². The minimum absolute atomic E-state index is 0.834. The molecule has 0 saturated heterocycles. The third kappa shape index (κ3) is 5.68. The maximum Gasteiger partial charge on any atom is 0.135 e. The number of benzene rings is 7. The van der Waals surface area contributed by atoms with Crippen molar-refractivity contribution >= 4 is 55.5 Å². The van der Waals surface area contributed by atoms with Gasteiger partial charge in [0, 0.05) is 44.1 Å². The first-order chi connectivity index (χ1) is 26.8. The van der Waals surface area contributed by atoms with Crippen molar-refractivity contribution in [1.82, 2.24) is 4.98 Å². The summed E-state index contributed by atoms with van der Waals surface area (Å²) in [7, 11) is 0. The molecule has 2 aromatic heterocycles. The summed E-state index contributed by atoms with van der Waals surface area (Å²) in [6.07, 6.45) is 1.95. The largest absolute Gasteiger partial charge is 0.456 e. The average molecular weight is 712 g/mol. The highest BCUT2D eigenvalue weighted by Gasteiger charge is 2.24. The number of pyridine rings is 1. The van der Waals surface area contributed by atoms with E-state index in [0.717, 1.165) is 67.1 Å². The van der Waals surface area contributed by atoms with Gasteiger partial charge in [-0.3, -0.25) is 4.98 Å². The van der Waals surface area contributed by atoms with Gasteiger partial charge in [-0.15, -0.1) is 11.3 Å². The van der Waals surface area contributed by atoms with Gasteiger partial charge >= 0.3 is 0 Å². The minimum atomic E-state index is 0.834. The molecule has 0 spiro atoms. The highest BCUT2D eigenvalue weighted by molar-refractivity contribution is 7.19. The number of hydrogen-bond donors (Lipinski definition) is 0. The second-order valence-electron chi connectivity index (χ2n) is 13.2. The normalized spacial score (nSPS) is 11.5. The van der Waals surface area contributed by atoms with Crippen molar-refractivity contribution in [2.75, 3.05) is 9.80 Å². The molecule has 1 aliphatic rings. The highest BCUT2D eigenvalue weighted by atomic mass is 32.1. The van der Waals surface area contributed by atoms with E-state index in [1.54, 1.807) is 11.3 Å². The van der Waals surface area contributed by atoms with E-state index in [1.165, 1.54) is 21.4 Å². The fourth-order valence-electron chi connectivity index (χ4n) is 7.45. The molecule has 0 bridgehead atoms. The second-order valence-corrected chi connectivity index (χ2v) is 14.3. The van der Waals surface area contributed by atoms with E-state index in [4.69, 9.17) is 9.72 Å². The molecule has 256 valence electrons. The van der Waals surface area contributed by atoms with Crippen molar-refractivity contribution in [2.24, 2.45) is 0 Å². The number of thiophene rings is 1. The Balaban J connectivity index is 0.984. The Morgan fingerprint density at radius 2 is 1.02 bits per heavy atom. The van der Waals surface area contributed by atoms with Crippen molar-refractivity contribution in [2.45, 2.75) is 0 Å². The molecule has 0 fully saturated rings. The predicted molar refractivity (Wildman–Crippen MR) is 225 cm³/mol. The quantitative estimate of drug-likeness (QED) is 0.157. The van der Waals surface area contributed by atoms with Crippen LogP contribution in [0.3, 0.4) is 0 Å². The van der Waals surface area contributed by atoms with E-state index in [0.29, 0.717) is 0 Å². The molecule has 54 heavy (non-hydrogen) atoms. The molecule has 0 unspecified atom stereocenters. The summed E-state index contributed by atoms with van der Waals surface area (Å²) >= 11 is 1.80. The number of anilines is 6. The lowest BCUT2D eigenvalue weighted by molar-refractivity contribution is 0.487. The van der Waals surface area contributed by atoms with Gasteiger partial charge in [-0.1, -0.05) is 103 Å². The van der Waals surface area contributed by atoms with Gasteiger partial charge in [0.15, 0.2) is 0 Å². The monoisotopic (exact) mass is 711 g/mol. The van der Waals surface area contributed by atoms with Gasteiger partial charge in [0.2, 0.25) is 0 Å². The van der Waals surface area contributed by atoms with Gasteiger partial charge in [-0.25, -0.2) is 0 Å². The molecular formula is C49H33N3OS. The molecule has 7 aromatic carbocycles. The molecule has 5 heteroatoms. The number of rotatable bonds is 8. The summed E-state index contributed by atoms with van der Waals surface area (Å²) in [4.78, 5) is 10.7. The van der Waals surface area contributed by atoms with Crippen molar-refractivity contribution in [3.8, 4) is 44.3 Å². The van der Waals surface area contributed by atoms with Gasteiger partial charge in [-0.2, -0.15) is 0 Å². The standard InChI is InChI=1S/C49H33N3OS/c1-5-14-35(15-6-1)51(36-16-7-2-8-17-36)39-25-29-44(50-33-39)34-24-26-40-43-28-27-41(42-22-13-23-45(49(42)43)53-46(40)32-34)47-30-31-48(54-47)52(37-18-9-3-10-19-37)38-20-11-4-12-21-38/h1-33H. The first-order valence-corrected chi connectivity index (χ1v) is 18.9. The fourth-order valence-corrected chi connectivity index (χ4v) is 8.53. The van der Waals surface area contributed by atoms with Gasteiger partial charge < -0.3 is 14.5 Å². The zero-order chi connectivity index (χ0) is 35.8. The van der Waals surface area contributed by atoms with Crippen LogP contribution in [-0.2, 0) is 0 Å². The molecule has 9 aromatic rings. The van der Waals surface area contributed by atoms with Gasteiger partial charge in [0.25, 0.3) is 0 Å². The molecule has 0 radical (unpaired) electrons. The van der Waals surface area contributed by atoms with E-state index in [2.05, 4.69) is 192 Å². The topological polar surface area (TPSA) is 28.6 Å². The van der Waals surface area contributed by atoms with E-state index >= 15 is 0 Å². The minimum Gasteiger partial charge on any atom is -0.456 e. The Labute approximate surface area is 318 Å². The van der Waals surface area contributed by atoms with Crippen molar-refractivity contribution in [3.63, 3.8) is 0 Å². The number of fused-ring (bicyclic) bond motifs is 2. The average Bonchev–Trinajstić information content (AvgIpc) is 3.72. The number of para-hydroxylation sites is 4. The third-order valence-corrected chi connectivity index (χ3v) is 11.0. The zero-order valence-electron chi connectivity index (χ0n) is 29.2. The number of aromatic nitrogens is 1. The molecule has 10 rings (SSSR count). The maximum atomic E-state index is 6.70. The molecule has 0 N–H and O–H groups in total. The third-order valence-electron chi connectivity index (χ3n) is 9.93. The second kappa shape index (κ2) is 13.6. The summed E-state index contributed by atoms with van der Waals surface area (Å²) in [5.41, 5.74) is 10.8. The first kappa shape index (κ1) is 31.8. The summed E-state index contributed by atoms with van der Waals surface area (Å²) in [6.45, 7) is 0. The Kier molecular flexibility index (Phi) is 7.97. The Hall–Kier alpha value is -6.95. The molecule has 0 aliphatic carbocycles. The smallest absolute Gasteiger partial charge is 0.135 e. The van der Waals surface area contributed by atoms with Crippen LogP contribution >= 0.6 is 11.3 Å². The molecular weight excluding hydrogens is 679 g/mol. The lowest BCUT2D eigenvalue weighted by Crippen LogP contribution is -2.10. The van der Waals surface area contributed by atoms with Crippen LogP contribution in [0.2, 0.25) is 0 Å². The van der Waals surface area contributed by atoms with Crippen LogP contribution in [0.15, 0.2) is 200 Å². The molecule has 4 nitrogen and oxygen atoms in total. The summed E-state index contributed by atoms with van der Waals surface area (Å²) < 4.78 is 6.70. The SMILES string of the molecule is c1ccc(N(c2ccccc2)c2ccc(-c3ccc4c(c3)Oc3cccc5c(-c6ccc(N(c7ccccc7)c7ccccc7)s6)ccc-4c35)nc2)cc1.